The summed E-state index contributed by atoms with van der Waals surface area (Å²) in [7, 11) is 2.08. The molecule has 0 atom stereocenters. The normalized spacial score (nSPS) is 12.0. The lowest BCUT2D eigenvalue weighted by Gasteiger charge is -2.26. The van der Waals surface area contributed by atoms with Crippen molar-refractivity contribution in [3.05, 3.63) is 0 Å². The summed E-state index contributed by atoms with van der Waals surface area (Å²) in [6.07, 6.45) is 2.35. The van der Waals surface area contributed by atoms with Crippen molar-refractivity contribution in [2.75, 3.05) is 20.1 Å². The fourth-order valence-electron chi connectivity index (χ4n) is 1.13. The van der Waals surface area contributed by atoms with Crippen LogP contribution in [0.5, 0.6) is 0 Å². The smallest absolute Gasteiger partial charge is 0.0955 e. The summed E-state index contributed by atoms with van der Waals surface area (Å²) in [5, 5.41) is 0. The first kappa shape index (κ1) is 8.92. The van der Waals surface area contributed by atoms with Crippen molar-refractivity contribution < 1.29 is 4.59 Å². The molecule has 2 N–H and O–H groups in total. The molecular formula is C7H19N2+. The fourth-order valence-corrected chi connectivity index (χ4v) is 1.13. The van der Waals surface area contributed by atoms with E-state index in [9.17, 15) is 0 Å². The molecule has 0 saturated carbocycles. The average Bonchev–Trinajstić information content (AvgIpc) is 1.64. The maximum absolute atomic E-state index is 5.88. The van der Waals surface area contributed by atoms with Gasteiger partial charge in [-0.15, -0.1) is 0 Å². The highest BCUT2D eigenvalue weighted by molar-refractivity contribution is 4.28. The van der Waals surface area contributed by atoms with Crippen molar-refractivity contribution >= 4 is 0 Å². The van der Waals surface area contributed by atoms with Crippen molar-refractivity contribution in [2.45, 2.75) is 26.7 Å². The van der Waals surface area contributed by atoms with Crippen molar-refractivity contribution in [1.29, 1.82) is 0 Å². The van der Waals surface area contributed by atoms with Gasteiger partial charge in [-0.05, 0) is 12.8 Å². The Labute approximate surface area is 58.2 Å². The standard InChI is InChI=1S/C7H19N2/c1-4-6-9(3,8)7-5-2/h4-8H2,1-3H3/q+1. The Bertz CT molecular complexity index is 61.3. The molecule has 0 bridgehead atoms. The Kier molecular flexibility index (Phi) is 3.82. The van der Waals surface area contributed by atoms with E-state index >= 15 is 0 Å². The third-order valence-electron chi connectivity index (χ3n) is 1.47. The van der Waals surface area contributed by atoms with Crippen LogP contribution < -0.4 is 5.84 Å². The topological polar surface area (TPSA) is 26.0 Å². The predicted molar refractivity (Wildman–Crippen MR) is 40.7 cm³/mol. The maximum Gasteiger partial charge on any atom is 0.0955 e. The van der Waals surface area contributed by atoms with Gasteiger partial charge in [-0.3, -0.25) is 4.59 Å². The van der Waals surface area contributed by atoms with Crippen molar-refractivity contribution in [1.82, 2.24) is 0 Å². The minimum absolute atomic E-state index is 0.688. The molecule has 0 saturated heterocycles. The third kappa shape index (κ3) is 4.43. The second-order valence-electron chi connectivity index (χ2n) is 2.93. The largest absolute Gasteiger partial charge is 0.251 e. The Morgan fingerprint density at radius 3 is 1.67 bits per heavy atom. The molecule has 0 fully saturated rings. The van der Waals surface area contributed by atoms with E-state index in [2.05, 4.69) is 20.9 Å². The van der Waals surface area contributed by atoms with E-state index < -0.39 is 0 Å². The summed E-state index contributed by atoms with van der Waals surface area (Å²) in [4.78, 5) is 0. The Hall–Kier alpha value is -0.0800. The zero-order valence-electron chi connectivity index (χ0n) is 6.85. The number of hydrogen-bond acceptors (Lipinski definition) is 1. The first-order chi connectivity index (χ1) is 4.12. The van der Waals surface area contributed by atoms with Crippen LogP contribution in [0.1, 0.15) is 26.7 Å². The highest BCUT2D eigenvalue weighted by Gasteiger charge is 2.11. The molecule has 0 radical (unpaired) electrons. The van der Waals surface area contributed by atoms with Crippen molar-refractivity contribution in [3.63, 3.8) is 0 Å². The Morgan fingerprint density at radius 2 is 1.44 bits per heavy atom. The molecule has 0 spiro atoms. The zero-order chi connectivity index (χ0) is 7.33. The predicted octanol–water partition coefficient (Wildman–Crippen LogP) is 1.13. The molecule has 2 nitrogen and oxygen atoms in total. The minimum atomic E-state index is 0.688. The van der Waals surface area contributed by atoms with Gasteiger partial charge in [-0.1, -0.05) is 13.8 Å². The summed E-state index contributed by atoms with van der Waals surface area (Å²) >= 11 is 0. The van der Waals surface area contributed by atoms with E-state index in [1.54, 1.807) is 0 Å². The molecule has 0 aromatic carbocycles. The van der Waals surface area contributed by atoms with Crippen LogP contribution in [-0.4, -0.2) is 24.7 Å². The molecule has 0 aromatic heterocycles. The average molecular weight is 131 g/mol. The lowest BCUT2D eigenvalue weighted by molar-refractivity contribution is -0.921. The molecule has 0 aliphatic heterocycles. The molecule has 56 valence electrons. The van der Waals surface area contributed by atoms with E-state index in [0.717, 1.165) is 13.1 Å². The number of hydrogen-bond donors (Lipinski definition) is 1. The van der Waals surface area contributed by atoms with Gasteiger partial charge in [0.15, 0.2) is 0 Å². The van der Waals surface area contributed by atoms with E-state index in [4.69, 9.17) is 5.84 Å². The van der Waals surface area contributed by atoms with Crippen LogP contribution in [-0.2, 0) is 0 Å². The molecule has 9 heavy (non-hydrogen) atoms. The van der Waals surface area contributed by atoms with Crippen LogP contribution in [0.4, 0.5) is 0 Å². The first-order valence-electron chi connectivity index (χ1n) is 3.75. The second kappa shape index (κ2) is 3.85. The quantitative estimate of drug-likeness (QED) is 0.345. The maximum atomic E-state index is 5.88. The molecule has 0 heterocycles. The molecule has 0 rings (SSSR count). The van der Waals surface area contributed by atoms with Gasteiger partial charge in [0.25, 0.3) is 0 Å². The van der Waals surface area contributed by atoms with Gasteiger partial charge in [-0.25, -0.2) is 0 Å². The van der Waals surface area contributed by atoms with E-state index in [1.165, 1.54) is 12.8 Å². The summed E-state index contributed by atoms with van der Waals surface area (Å²) in [5.41, 5.74) is 0. The van der Waals surface area contributed by atoms with Crippen LogP contribution >= 0.6 is 0 Å². The summed E-state index contributed by atoms with van der Waals surface area (Å²) in [5.74, 6) is 5.88. The Morgan fingerprint density at radius 1 is 1.11 bits per heavy atom. The monoisotopic (exact) mass is 131 g/mol. The van der Waals surface area contributed by atoms with Gasteiger partial charge in [0.1, 0.15) is 0 Å². The van der Waals surface area contributed by atoms with E-state index in [-0.39, 0.29) is 0 Å². The lowest BCUT2D eigenvalue weighted by Crippen LogP contribution is -2.51. The Balaban J connectivity index is 3.43. The number of nitrogens with two attached hydrogens (primary N) is 1. The molecule has 0 aliphatic carbocycles. The van der Waals surface area contributed by atoms with Crippen molar-refractivity contribution in [3.8, 4) is 0 Å². The van der Waals surface area contributed by atoms with Crippen LogP contribution in [0.2, 0.25) is 0 Å². The van der Waals surface area contributed by atoms with Crippen molar-refractivity contribution in [2.24, 2.45) is 5.84 Å². The molecule has 0 amide bonds. The molecule has 2 heteroatoms. The second-order valence-corrected chi connectivity index (χ2v) is 2.93. The molecule has 0 aromatic rings. The summed E-state index contributed by atoms with van der Waals surface area (Å²) < 4.78 is 0.688. The molecule has 0 aliphatic rings. The van der Waals surface area contributed by atoms with Crippen LogP contribution in [0.25, 0.3) is 0 Å². The van der Waals surface area contributed by atoms with Crippen LogP contribution in [0.3, 0.4) is 0 Å². The van der Waals surface area contributed by atoms with E-state index in [1.807, 2.05) is 0 Å². The number of quaternary nitrogens is 1. The number of rotatable bonds is 4. The third-order valence-corrected chi connectivity index (χ3v) is 1.47. The van der Waals surface area contributed by atoms with Gasteiger partial charge in [0.05, 0.1) is 20.1 Å². The van der Waals surface area contributed by atoms with Gasteiger partial charge in [-0.2, -0.15) is 5.84 Å². The summed E-state index contributed by atoms with van der Waals surface area (Å²) in [6.45, 7) is 6.51. The highest BCUT2D eigenvalue weighted by atomic mass is 15.6. The zero-order valence-corrected chi connectivity index (χ0v) is 6.85. The van der Waals surface area contributed by atoms with E-state index in [0.29, 0.717) is 4.59 Å². The number of nitrogens with zero attached hydrogens (tertiary/aromatic N) is 1. The first-order valence-corrected chi connectivity index (χ1v) is 3.75. The van der Waals surface area contributed by atoms with Gasteiger partial charge in [0.2, 0.25) is 0 Å². The summed E-state index contributed by atoms with van der Waals surface area (Å²) in [6, 6.07) is 0. The minimum Gasteiger partial charge on any atom is -0.251 e. The van der Waals surface area contributed by atoms with Crippen LogP contribution in [0.15, 0.2) is 0 Å². The highest BCUT2D eigenvalue weighted by Crippen LogP contribution is 1.95. The SMILES string of the molecule is CCC[N+](C)(N)CCC. The van der Waals surface area contributed by atoms with Crippen LogP contribution in [0, 0.1) is 0 Å². The fraction of sp³-hybridized carbons (Fsp3) is 1.00. The lowest BCUT2D eigenvalue weighted by atomic mass is 10.4. The van der Waals surface area contributed by atoms with Gasteiger partial charge >= 0.3 is 0 Å². The van der Waals surface area contributed by atoms with Gasteiger partial charge in [0, 0.05) is 0 Å². The molecule has 0 unspecified atom stereocenters. The molecular weight excluding hydrogens is 112 g/mol. The van der Waals surface area contributed by atoms with Gasteiger partial charge < -0.3 is 0 Å².